The van der Waals surface area contributed by atoms with Crippen molar-refractivity contribution in [2.75, 3.05) is 26.8 Å². The molecule has 0 spiro atoms. The second-order valence-corrected chi connectivity index (χ2v) is 6.87. The maximum absolute atomic E-state index is 12.5. The standard InChI is InChI=1S/C16H27NO6/c1-10(2)16(20,11(3)22-4)15(19)23-9-12-5-7-17(21)8-6-13(18)14(12)17/h5,10-11,13-14,18,20H,6-9H2,1-4H3/t11-,13+,14-,16-,17?/m0/s1. The molecule has 0 aromatic carbocycles. The molecule has 2 heterocycles. The molecular weight excluding hydrogens is 302 g/mol. The maximum Gasteiger partial charge on any atom is 0.341 e. The number of rotatable bonds is 6. The Kier molecular flexibility index (Phi) is 5.18. The molecule has 2 aliphatic heterocycles. The summed E-state index contributed by atoms with van der Waals surface area (Å²) in [6, 6.07) is -0.560. The average Bonchev–Trinajstić information content (AvgIpc) is 2.99. The Morgan fingerprint density at radius 3 is 2.74 bits per heavy atom. The van der Waals surface area contributed by atoms with E-state index in [-0.39, 0.29) is 13.2 Å². The van der Waals surface area contributed by atoms with Crippen LogP contribution in [0.15, 0.2) is 11.6 Å². The van der Waals surface area contributed by atoms with Crippen LogP contribution in [0.5, 0.6) is 0 Å². The van der Waals surface area contributed by atoms with E-state index >= 15 is 0 Å². The number of nitrogens with zero attached hydrogens (tertiary/aromatic N) is 1. The molecule has 23 heavy (non-hydrogen) atoms. The molecule has 132 valence electrons. The Labute approximate surface area is 136 Å². The Bertz CT molecular complexity index is 493. The Morgan fingerprint density at radius 2 is 2.17 bits per heavy atom. The summed E-state index contributed by atoms with van der Waals surface area (Å²) >= 11 is 0. The minimum Gasteiger partial charge on any atom is -0.632 e. The van der Waals surface area contributed by atoms with Crippen LogP contribution < -0.4 is 0 Å². The highest BCUT2D eigenvalue weighted by Crippen LogP contribution is 2.36. The predicted octanol–water partition coefficient (Wildman–Crippen LogP) is 0.339. The van der Waals surface area contributed by atoms with Gasteiger partial charge in [0.1, 0.15) is 18.8 Å². The molecule has 2 aliphatic rings. The molecule has 2 rings (SSSR count). The van der Waals surface area contributed by atoms with Gasteiger partial charge >= 0.3 is 5.97 Å². The van der Waals surface area contributed by atoms with Gasteiger partial charge in [-0.2, -0.15) is 0 Å². The molecule has 7 nitrogen and oxygen atoms in total. The topological polar surface area (TPSA) is 99.1 Å². The van der Waals surface area contributed by atoms with Crippen molar-refractivity contribution in [2.24, 2.45) is 5.92 Å². The smallest absolute Gasteiger partial charge is 0.341 e. The lowest BCUT2D eigenvalue weighted by atomic mass is 9.85. The van der Waals surface area contributed by atoms with Crippen LogP contribution in [-0.2, 0) is 14.3 Å². The second-order valence-electron chi connectivity index (χ2n) is 6.87. The summed E-state index contributed by atoms with van der Waals surface area (Å²) < 4.78 is 9.92. The third kappa shape index (κ3) is 3.04. The van der Waals surface area contributed by atoms with Gasteiger partial charge in [-0.3, -0.25) is 0 Å². The van der Waals surface area contributed by atoms with Gasteiger partial charge in [-0.1, -0.05) is 13.8 Å². The lowest BCUT2D eigenvalue weighted by molar-refractivity contribution is -0.877. The normalized spacial score (nSPS) is 34.0. The van der Waals surface area contributed by atoms with Gasteiger partial charge in [0.05, 0.1) is 19.2 Å². The lowest BCUT2D eigenvalue weighted by Gasteiger charge is -2.40. The first-order valence-corrected chi connectivity index (χ1v) is 8.04. The van der Waals surface area contributed by atoms with Crippen molar-refractivity contribution < 1.29 is 29.1 Å². The number of esters is 1. The zero-order valence-electron chi connectivity index (χ0n) is 14.2. The molecule has 7 heteroatoms. The third-order valence-corrected chi connectivity index (χ3v) is 5.27. The number of ether oxygens (including phenoxy) is 2. The van der Waals surface area contributed by atoms with Gasteiger partial charge in [0, 0.05) is 19.1 Å². The third-order valence-electron chi connectivity index (χ3n) is 5.27. The summed E-state index contributed by atoms with van der Waals surface area (Å²) in [6.07, 6.45) is 0.762. The highest BCUT2D eigenvalue weighted by atomic mass is 16.6. The molecular formula is C16H27NO6. The van der Waals surface area contributed by atoms with E-state index in [9.17, 15) is 20.2 Å². The van der Waals surface area contributed by atoms with Crippen LogP contribution >= 0.6 is 0 Å². The van der Waals surface area contributed by atoms with E-state index in [4.69, 9.17) is 9.47 Å². The molecule has 1 unspecified atom stereocenters. The van der Waals surface area contributed by atoms with Crippen LogP contribution in [0.3, 0.4) is 0 Å². The number of carbonyl (C=O) groups excluding carboxylic acids is 1. The average molecular weight is 329 g/mol. The van der Waals surface area contributed by atoms with Gasteiger partial charge in [-0.15, -0.1) is 0 Å². The number of quaternary nitrogens is 1. The first-order valence-electron chi connectivity index (χ1n) is 8.04. The molecule has 0 saturated carbocycles. The quantitative estimate of drug-likeness (QED) is 0.315. The number of fused-ring (bicyclic) bond motifs is 1. The maximum atomic E-state index is 12.5. The van der Waals surface area contributed by atoms with Crippen molar-refractivity contribution in [3.8, 4) is 0 Å². The molecule has 0 aromatic heterocycles. The summed E-state index contributed by atoms with van der Waals surface area (Å²) in [7, 11) is 1.42. The molecule has 0 aromatic rings. The Balaban J connectivity index is 2.04. The van der Waals surface area contributed by atoms with Gasteiger partial charge in [0.2, 0.25) is 0 Å². The monoisotopic (exact) mass is 329 g/mol. The van der Waals surface area contributed by atoms with Crippen molar-refractivity contribution in [2.45, 2.75) is 51.0 Å². The van der Waals surface area contributed by atoms with Crippen molar-refractivity contribution in [3.05, 3.63) is 16.9 Å². The SMILES string of the molecule is CO[C@@H](C)[C@](O)(C(=O)OCC1=CC[N+]2([O-])CC[C@@H](O)[C@H]12)C(C)C. The molecule has 0 bridgehead atoms. The molecule has 0 amide bonds. The van der Waals surface area contributed by atoms with Crippen molar-refractivity contribution in [3.63, 3.8) is 0 Å². The van der Waals surface area contributed by atoms with Gasteiger partial charge in [-0.25, -0.2) is 4.79 Å². The molecule has 1 fully saturated rings. The summed E-state index contributed by atoms with van der Waals surface area (Å²) in [4.78, 5) is 12.4. The molecule has 0 aliphatic carbocycles. The van der Waals surface area contributed by atoms with Crippen LogP contribution in [0.1, 0.15) is 27.2 Å². The second kappa shape index (κ2) is 6.49. The van der Waals surface area contributed by atoms with Crippen LogP contribution in [0, 0.1) is 11.1 Å². The number of hydrogen-bond donors (Lipinski definition) is 2. The fourth-order valence-electron chi connectivity index (χ4n) is 3.57. The van der Waals surface area contributed by atoms with Crippen LogP contribution in [0.4, 0.5) is 0 Å². The molecule has 1 saturated heterocycles. The number of methoxy groups -OCH3 is 1. The van der Waals surface area contributed by atoms with Crippen molar-refractivity contribution in [1.29, 1.82) is 0 Å². The number of aliphatic hydroxyl groups excluding tert-OH is 1. The number of hydroxylamine groups is 3. The zero-order chi connectivity index (χ0) is 17.4. The predicted molar refractivity (Wildman–Crippen MR) is 83.1 cm³/mol. The minimum absolute atomic E-state index is 0.0890. The summed E-state index contributed by atoms with van der Waals surface area (Å²) in [6.45, 7) is 5.61. The number of hydrogen-bond acceptors (Lipinski definition) is 6. The van der Waals surface area contributed by atoms with Gasteiger partial charge in [0.15, 0.2) is 5.60 Å². The van der Waals surface area contributed by atoms with E-state index in [0.717, 1.165) is 0 Å². The van der Waals surface area contributed by atoms with E-state index in [2.05, 4.69) is 0 Å². The Morgan fingerprint density at radius 1 is 1.52 bits per heavy atom. The fourth-order valence-corrected chi connectivity index (χ4v) is 3.57. The first-order chi connectivity index (χ1) is 10.7. The van der Waals surface area contributed by atoms with Crippen LogP contribution in [0.2, 0.25) is 0 Å². The summed E-state index contributed by atoms with van der Waals surface area (Å²) in [5, 5.41) is 33.2. The van der Waals surface area contributed by atoms with Crippen molar-refractivity contribution >= 4 is 5.97 Å². The van der Waals surface area contributed by atoms with Gasteiger partial charge < -0.3 is 29.5 Å². The van der Waals surface area contributed by atoms with Gasteiger partial charge in [0.25, 0.3) is 0 Å². The van der Waals surface area contributed by atoms with E-state index < -0.39 is 40.4 Å². The van der Waals surface area contributed by atoms with E-state index in [0.29, 0.717) is 18.5 Å². The van der Waals surface area contributed by atoms with Crippen LogP contribution in [-0.4, -0.2) is 71.5 Å². The van der Waals surface area contributed by atoms with E-state index in [1.54, 1.807) is 26.8 Å². The molecule has 2 N–H and O–H groups in total. The largest absolute Gasteiger partial charge is 0.632 e. The van der Waals surface area contributed by atoms with Gasteiger partial charge in [-0.05, 0) is 18.9 Å². The van der Waals surface area contributed by atoms with Crippen LogP contribution in [0.25, 0.3) is 0 Å². The lowest BCUT2D eigenvalue weighted by Crippen LogP contribution is -2.54. The Hall–Kier alpha value is -0.990. The fraction of sp³-hybridized carbons (Fsp3) is 0.812. The highest BCUT2D eigenvalue weighted by Gasteiger charge is 2.49. The van der Waals surface area contributed by atoms with E-state index in [1.165, 1.54) is 7.11 Å². The zero-order valence-corrected chi connectivity index (χ0v) is 14.2. The minimum atomic E-state index is -1.76. The highest BCUT2D eigenvalue weighted by molar-refractivity contribution is 5.80. The van der Waals surface area contributed by atoms with Crippen molar-refractivity contribution in [1.82, 2.24) is 0 Å². The first kappa shape index (κ1) is 18.4. The number of carbonyl (C=O) groups is 1. The number of aliphatic hydroxyl groups is 2. The van der Waals surface area contributed by atoms with E-state index in [1.807, 2.05) is 0 Å². The summed E-state index contributed by atoms with van der Waals surface area (Å²) in [5.74, 6) is -1.17. The molecule has 0 radical (unpaired) electrons. The molecule has 5 atom stereocenters. The summed E-state index contributed by atoms with van der Waals surface area (Å²) in [5.41, 5.74) is -1.12.